The van der Waals surface area contributed by atoms with Crippen LogP contribution >= 0.6 is 0 Å². The van der Waals surface area contributed by atoms with Gasteiger partial charge in [-0.1, -0.05) is 30.3 Å². The number of hydrogen-bond donors (Lipinski definition) is 0. The summed E-state index contributed by atoms with van der Waals surface area (Å²) in [5.74, 6) is 0. The van der Waals surface area contributed by atoms with Gasteiger partial charge in [-0.3, -0.25) is 4.98 Å². The predicted molar refractivity (Wildman–Crippen MR) is 69.7 cm³/mol. The molecule has 0 saturated heterocycles. The first-order chi connectivity index (χ1) is 8.34. The molecule has 0 fully saturated rings. The normalized spacial score (nSPS) is 10.6. The number of rotatable bonds is 1. The van der Waals surface area contributed by atoms with Crippen molar-refractivity contribution in [3.05, 3.63) is 60.4 Å². The topological polar surface area (TPSA) is 25.8 Å². The van der Waals surface area contributed by atoms with Gasteiger partial charge in [0.05, 0.1) is 11.2 Å². The third kappa shape index (κ3) is 1.78. The third-order valence-corrected chi connectivity index (χ3v) is 2.88. The van der Waals surface area contributed by atoms with Crippen LogP contribution in [0.25, 0.3) is 22.2 Å². The quantitative estimate of drug-likeness (QED) is 0.626. The van der Waals surface area contributed by atoms with E-state index >= 15 is 0 Å². The summed E-state index contributed by atoms with van der Waals surface area (Å²) < 4.78 is 0. The summed E-state index contributed by atoms with van der Waals surface area (Å²) in [6.07, 6.45) is 1.80. The molecule has 3 aromatic rings. The standard InChI is InChI=1S/C15H12N2/c1-11-13-7-8-14(12-5-3-2-4-6-12)17-15(13)9-10-16-11/h2-10H,1H3. The zero-order valence-electron chi connectivity index (χ0n) is 9.59. The van der Waals surface area contributed by atoms with Gasteiger partial charge in [-0.05, 0) is 25.1 Å². The lowest BCUT2D eigenvalue weighted by Gasteiger charge is -2.04. The Bertz CT molecular complexity index is 660. The van der Waals surface area contributed by atoms with Crippen LogP contribution in [0.5, 0.6) is 0 Å². The molecule has 2 nitrogen and oxygen atoms in total. The lowest BCUT2D eigenvalue weighted by molar-refractivity contribution is 1.22. The molecule has 2 heterocycles. The third-order valence-electron chi connectivity index (χ3n) is 2.88. The van der Waals surface area contributed by atoms with Gasteiger partial charge in [0.25, 0.3) is 0 Å². The van der Waals surface area contributed by atoms with Gasteiger partial charge in [0.1, 0.15) is 0 Å². The average Bonchev–Trinajstić information content (AvgIpc) is 2.40. The molecule has 82 valence electrons. The largest absolute Gasteiger partial charge is 0.261 e. The molecule has 0 aliphatic heterocycles. The van der Waals surface area contributed by atoms with Crippen LogP contribution in [-0.2, 0) is 0 Å². The van der Waals surface area contributed by atoms with Crippen molar-refractivity contribution < 1.29 is 0 Å². The Hall–Kier alpha value is -2.22. The van der Waals surface area contributed by atoms with Crippen molar-refractivity contribution in [2.24, 2.45) is 0 Å². The first kappa shape index (κ1) is 9.97. The maximum atomic E-state index is 4.67. The predicted octanol–water partition coefficient (Wildman–Crippen LogP) is 3.61. The van der Waals surface area contributed by atoms with E-state index in [1.165, 1.54) is 0 Å². The van der Waals surface area contributed by atoms with Gasteiger partial charge in [-0.2, -0.15) is 0 Å². The van der Waals surface area contributed by atoms with E-state index in [2.05, 4.69) is 28.2 Å². The lowest BCUT2D eigenvalue weighted by Crippen LogP contribution is -1.88. The minimum atomic E-state index is 0.999. The van der Waals surface area contributed by atoms with E-state index in [0.717, 1.165) is 27.9 Å². The molecule has 0 amide bonds. The van der Waals surface area contributed by atoms with Gasteiger partial charge in [0, 0.05) is 22.8 Å². The number of nitrogens with zero attached hydrogens (tertiary/aromatic N) is 2. The zero-order chi connectivity index (χ0) is 11.7. The fourth-order valence-electron chi connectivity index (χ4n) is 1.97. The fraction of sp³-hybridized carbons (Fsp3) is 0.0667. The van der Waals surface area contributed by atoms with Crippen LogP contribution in [0.3, 0.4) is 0 Å². The van der Waals surface area contributed by atoms with Crippen LogP contribution in [0.2, 0.25) is 0 Å². The molecule has 17 heavy (non-hydrogen) atoms. The van der Waals surface area contributed by atoms with Crippen LogP contribution in [0.1, 0.15) is 5.69 Å². The van der Waals surface area contributed by atoms with Gasteiger partial charge < -0.3 is 0 Å². The highest BCUT2D eigenvalue weighted by molar-refractivity contribution is 5.83. The molecule has 0 aliphatic rings. The molecule has 0 atom stereocenters. The minimum Gasteiger partial charge on any atom is -0.261 e. The van der Waals surface area contributed by atoms with Crippen molar-refractivity contribution in [1.29, 1.82) is 0 Å². The Morgan fingerprint density at radius 3 is 2.53 bits per heavy atom. The molecule has 0 radical (unpaired) electrons. The monoisotopic (exact) mass is 220 g/mol. The van der Waals surface area contributed by atoms with Crippen LogP contribution in [-0.4, -0.2) is 9.97 Å². The summed E-state index contributed by atoms with van der Waals surface area (Å²) in [5, 5.41) is 1.12. The minimum absolute atomic E-state index is 0.999. The summed E-state index contributed by atoms with van der Waals surface area (Å²) in [4.78, 5) is 8.94. The summed E-state index contributed by atoms with van der Waals surface area (Å²) in [6.45, 7) is 2.01. The molecule has 0 spiro atoms. The summed E-state index contributed by atoms with van der Waals surface area (Å²) in [6, 6.07) is 16.3. The Morgan fingerprint density at radius 2 is 1.71 bits per heavy atom. The summed E-state index contributed by atoms with van der Waals surface area (Å²) >= 11 is 0. The van der Waals surface area contributed by atoms with Crippen molar-refractivity contribution in [2.75, 3.05) is 0 Å². The highest BCUT2D eigenvalue weighted by atomic mass is 14.7. The van der Waals surface area contributed by atoms with E-state index in [0.29, 0.717) is 0 Å². The van der Waals surface area contributed by atoms with Crippen LogP contribution < -0.4 is 0 Å². The van der Waals surface area contributed by atoms with E-state index in [-0.39, 0.29) is 0 Å². The van der Waals surface area contributed by atoms with Crippen molar-refractivity contribution in [3.63, 3.8) is 0 Å². The van der Waals surface area contributed by atoms with Crippen molar-refractivity contribution in [3.8, 4) is 11.3 Å². The molecular formula is C15H12N2. The van der Waals surface area contributed by atoms with Crippen molar-refractivity contribution in [1.82, 2.24) is 9.97 Å². The maximum absolute atomic E-state index is 4.67. The van der Waals surface area contributed by atoms with E-state index in [1.54, 1.807) is 6.20 Å². The second kappa shape index (κ2) is 3.98. The molecule has 2 heteroatoms. The molecule has 0 bridgehead atoms. The lowest BCUT2D eigenvalue weighted by atomic mass is 10.1. The average molecular weight is 220 g/mol. The first-order valence-electron chi connectivity index (χ1n) is 5.62. The molecular weight excluding hydrogens is 208 g/mol. The van der Waals surface area contributed by atoms with Crippen molar-refractivity contribution >= 4 is 10.9 Å². The molecule has 1 aromatic carbocycles. The van der Waals surface area contributed by atoms with E-state index in [9.17, 15) is 0 Å². The Labute approximate surface area is 100.0 Å². The van der Waals surface area contributed by atoms with E-state index in [1.807, 2.05) is 37.3 Å². The molecule has 0 aliphatic carbocycles. The SMILES string of the molecule is Cc1nccc2nc(-c3ccccc3)ccc12. The van der Waals surface area contributed by atoms with Gasteiger partial charge in [-0.25, -0.2) is 4.98 Å². The first-order valence-corrected chi connectivity index (χ1v) is 5.62. The Balaban J connectivity index is 2.21. The van der Waals surface area contributed by atoms with Crippen LogP contribution in [0.15, 0.2) is 54.7 Å². The molecule has 0 unspecified atom stereocenters. The van der Waals surface area contributed by atoms with Gasteiger partial charge in [0.15, 0.2) is 0 Å². The molecule has 3 rings (SSSR count). The smallest absolute Gasteiger partial charge is 0.0743 e. The van der Waals surface area contributed by atoms with Gasteiger partial charge in [0.2, 0.25) is 0 Å². The summed E-state index contributed by atoms with van der Waals surface area (Å²) in [5.41, 5.74) is 4.17. The Morgan fingerprint density at radius 1 is 0.882 bits per heavy atom. The fourth-order valence-corrected chi connectivity index (χ4v) is 1.97. The van der Waals surface area contributed by atoms with Crippen LogP contribution in [0.4, 0.5) is 0 Å². The second-order valence-corrected chi connectivity index (χ2v) is 4.03. The Kier molecular flexibility index (Phi) is 2.33. The number of aromatic nitrogens is 2. The molecule has 0 N–H and O–H groups in total. The number of aryl methyl sites for hydroxylation is 1. The van der Waals surface area contributed by atoms with E-state index < -0.39 is 0 Å². The van der Waals surface area contributed by atoms with Crippen LogP contribution in [0, 0.1) is 6.92 Å². The second-order valence-electron chi connectivity index (χ2n) is 4.03. The summed E-state index contributed by atoms with van der Waals surface area (Å²) in [7, 11) is 0. The van der Waals surface area contributed by atoms with Gasteiger partial charge in [-0.15, -0.1) is 0 Å². The molecule has 0 saturated carbocycles. The van der Waals surface area contributed by atoms with Gasteiger partial charge >= 0.3 is 0 Å². The highest BCUT2D eigenvalue weighted by Gasteiger charge is 2.02. The number of hydrogen-bond acceptors (Lipinski definition) is 2. The maximum Gasteiger partial charge on any atom is 0.0743 e. The number of fused-ring (bicyclic) bond motifs is 1. The number of benzene rings is 1. The zero-order valence-corrected chi connectivity index (χ0v) is 9.59. The van der Waals surface area contributed by atoms with Crippen molar-refractivity contribution in [2.45, 2.75) is 6.92 Å². The molecule has 2 aromatic heterocycles. The number of pyridine rings is 2. The van der Waals surface area contributed by atoms with E-state index in [4.69, 9.17) is 0 Å². The highest BCUT2D eigenvalue weighted by Crippen LogP contribution is 2.21.